The SMILES string of the molecule is CCOC(=O)C=Cc1cncc(C(=O)OCC)c1. The molecule has 0 unspecified atom stereocenters. The van der Waals surface area contributed by atoms with Crippen LogP contribution >= 0.6 is 0 Å². The molecule has 0 aliphatic carbocycles. The van der Waals surface area contributed by atoms with Crippen molar-refractivity contribution in [2.24, 2.45) is 0 Å². The van der Waals surface area contributed by atoms with Crippen molar-refractivity contribution in [2.45, 2.75) is 13.8 Å². The molecule has 0 fully saturated rings. The maximum atomic E-state index is 11.5. The number of ether oxygens (including phenoxy) is 2. The third-order valence-electron chi connectivity index (χ3n) is 1.97. The molecule has 5 nitrogen and oxygen atoms in total. The second-order valence-electron chi connectivity index (χ2n) is 3.31. The zero-order valence-corrected chi connectivity index (χ0v) is 10.4. The first-order valence-electron chi connectivity index (χ1n) is 5.64. The monoisotopic (exact) mass is 249 g/mol. The summed E-state index contributed by atoms with van der Waals surface area (Å²) in [7, 11) is 0. The van der Waals surface area contributed by atoms with Crippen LogP contribution in [0.15, 0.2) is 24.5 Å². The van der Waals surface area contributed by atoms with Gasteiger partial charge in [0.25, 0.3) is 0 Å². The van der Waals surface area contributed by atoms with Crippen molar-refractivity contribution >= 4 is 18.0 Å². The number of aromatic nitrogens is 1. The zero-order valence-electron chi connectivity index (χ0n) is 10.4. The summed E-state index contributed by atoms with van der Waals surface area (Å²) in [5.74, 6) is -0.865. The number of carbonyl (C=O) groups excluding carboxylic acids is 2. The van der Waals surface area contributed by atoms with E-state index in [1.165, 1.54) is 18.3 Å². The lowest BCUT2D eigenvalue weighted by molar-refractivity contribution is -0.137. The average molecular weight is 249 g/mol. The molecule has 0 spiro atoms. The van der Waals surface area contributed by atoms with Gasteiger partial charge in [-0.05, 0) is 31.6 Å². The van der Waals surface area contributed by atoms with Crippen LogP contribution in [0.3, 0.4) is 0 Å². The zero-order chi connectivity index (χ0) is 13.4. The summed E-state index contributed by atoms with van der Waals surface area (Å²) in [4.78, 5) is 26.5. The first kappa shape index (κ1) is 13.9. The van der Waals surface area contributed by atoms with Crippen molar-refractivity contribution in [1.82, 2.24) is 4.98 Å². The molecule has 0 saturated carbocycles. The van der Waals surface area contributed by atoms with Crippen LogP contribution in [-0.4, -0.2) is 30.1 Å². The van der Waals surface area contributed by atoms with E-state index in [-0.39, 0.29) is 0 Å². The summed E-state index contributed by atoms with van der Waals surface area (Å²) in [6, 6.07) is 1.60. The first-order chi connectivity index (χ1) is 8.67. The van der Waals surface area contributed by atoms with Gasteiger partial charge in [-0.1, -0.05) is 0 Å². The molecule has 0 N–H and O–H groups in total. The lowest BCUT2D eigenvalue weighted by Gasteiger charge is -2.01. The molecule has 18 heavy (non-hydrogen) atoms. The Hall–Kier alpha value is -2.17. The summed E-state index contributed by atoms with van der Waals surface area (Å²) in [6.45, 7) is 4.09. The van der Waals surface area contributed by atoms with Crippen LogP contribution < -0.4 is 0 Å². The number of hydrogen-bond acceptors (Lipinski definition) is 5. The molecule has 1 heterocycles. The lowest BCUT2D eigenvalue weighted by Crippen LogP contribution is -2.05. The fraction of sp³-hybridized carbons (Fsp3) is 0.308. The Balaban J connectivity index is 2.76. The fourth-order valence-electron chi connectivity index (χ4n) is 1.23. The van der Waals surface area contributed by atoms with Gasteiger partial charge in [-0.25, -0.2) is 9.59 Å². The molecule has 0 aromatic carbocycles. The summed E-state index contributed by atoms with van der Waals surface area (Å²) in [5.41, 5.74) is 0.983. The molecule has 96 valence electrons. The van der Waals surface area contributed by atoms with E-state index in [9.17, 15) is 9.59 Å². The normalized spacial score (nSPS) is 10.3. The Morgan fingerprint density at radius 2 is 1.94 bits per heavy atom. The molecule has 0 atom stereocenters. The molecule has 1 aromatic heterocycles. The van der Waals surface area contributed by atoms with Gasteiger partial charge in [0.15, 0.2) is 0 Å². The van der Waals surface area contributed by atoms with Gasteiger partial charge >= 0.3 is 11.9 Å². The molecular formula is C13H15NO4. The molecule has 0 radical (unpaired) electrons. The Kier molecular flexibility index (Phi) is 5.57. The molecule has 0 aliphatic heterocycles. The summed E-state index contributed by atoms with van der Waals surface area (Å²) in [6.07, 6.45) is 5.78. The van der Waals surface area contributed by atoms with Gasteiger partial charge in [0.2, 0.25) is 0 Å². The third-order valence-corrected chi connectivity index (χ3v) is 1.97. The van der Waals surface area contributed by atoms with Gasteiger partial charge in [0, 0.05) is 18.5 Å². The summed E-state index contributed by atoms with van der Waals surface area (Å²) >= 11 is 0. The average Bonchev–Trinajstić information content (AvgIpc) is 2.37. The van der Waals surface area contributed by atoms with E-state index in [0.29, 0.717) is 24.3 Å². The minimum absolute atomic E-state index is 0.307. The molecule has 1 rings (SSSR count). The van der Waals surface area contributed by atoms with E-state index < -0.39 is 11.9 Å². The van der Waals surface area contributed by atoms with Gasteiger partial charge in [-0.2, -0.15) is 0 Å². The number of carbonyl (C=O) groups is 2. The highest BCUT2D eigenvalue weighted by molar-refractivity contribution is 5.91. The van der Waals surface area contributed by atoms with Crippen LogP contribution in [-0.2, 0) is 14.3 Å². The maximum Gasteiger partial charge on any atom is 0.339 e. The van der Waals surface area contributed by atoms with Crippen LogP contribution in [0.4, 0.5) is 0 Å². The molecule has 0 bridgehead atoms. The minimum atomic E-state index is -0.434. The Morgan fingerprint density at radius 3 is 2.61 bits per heavy atom. The van der Waals surface area contributed by atoms with Gasteiger partial charge in [-0.15, -0.1) is 0 Å². The standard InChI is InChI=1S/C13H15NO4/c1-3-17-12(15)6-5-10-7-11(9-14-8-10)13(16)18-4-2/h5-9H,3-4H2,1-2H3. The molecule has 5 heteroatoms. The van der Waals surface area contributed by atoms with Gasteiger partial charge in [0.05, 0.1) is 18.8 Å². The number of pyridine rings is 1. The van der Waals surface area contributed by atoms with Gasteiger partial charge in [-0.3, -0.25) is 4.98 Å². The lowest BCUT2D eigenvalue weighted by atomic mass is 10.2. The first-order valence-corrected chi connectivity index (χ1v) is 5.64. The molecule has 0 saturated heterocycles. The maximum absolute atomic E-state index is 11.5. The van der Waals surface area contributed by atoms with E-state index in [1.807, 2.05) is 0 Å². The topological polar surface area (TPSA) is 65.5 Å². The van der Waals surface area contributed by atoms with Crippen LogP contribution in [0.5, 0.6) is 0 Å². The highest BCUT2D eigenvalue weighted by atomic mass is 16.5. The number of rotatable bonds is 5. The predicted molar refractivity (Wildman–Crippen MR) is 65.9 cm³/mol. The second kappa shape index (κ2) is 7.21. The smallest absolute Gasteiger partial charge is 0.339 e. The summed E-state index contributed by atoms with van der Waals surface area (Å²) < 4.78 is 9.59. The Morgan fingerprint density at radius 1 is 1.22 bits per heavy atom. The molecule has 1 aromatic rings. The highest BCUT2D eigenvalue weighted by Crippen LogP contribution is 2.06. The van der Waals surface area contributed by atoms with E-state index in [2.05, 4.69) is 4.98 Å². The van der Waals surface area contributed by atoms with Crippen molar-refractivity contribution in [1.29, 1.82) is 0 Å². The van der Waals surface area contributed by atoms with Gasteiger partial charge < -0.3 is 9.47 Å². The molecular weight excluding hydrogens is 234 g/mol. The third kappa shape index (κ3) is 4.37. The number of nitrogens with zero attached hydrogens (tertiary/aromatic N) is 1. The van der Waals surface area contributed by atoms with E-state index in [0.717, 1.165) is 0 Å². The van der Waals surface area contributed by atoms with Crippen LogP contribution in [0.25, 0.3) is 6.08 Å². The largest absolute Gasteiger partial charge is 0.463 e. The van der Waals surface area contributed by atoms with Crippen molar-refractivity contribution in [3.05, 3.63) is 35.7 Å². The van der Waals surface area contributed by atoms with Crippen molar-refractivity contribution in [2.75, 3.05) is 13.2 Å². The van der Waals surface area contributed by atoms with E-state index in [4.69, 9.17) is 9.47 Å². The van der Waals surface area contributed by atoms with Crippen LogP contribution in [0, 0.1) is 0 Å². The predicted octanol–water partition coefficient (Wildman–Crippen LogP) is 1.83. The highest BCUT2D eigenvalue weighted by Gasteiger charge is 2.06. The van der Waals surface area contributed by atoms with Crippen molar-refractivity contribution in [3.8, 4) is 0 Å². The van der Waals surface area contributed by atoms with Crippen molar-refractivity contribution < 1.29 is 19.1 Å². The van der Waals surface area contributed by atoms with Gasteiger partial charge in [0.1, 0.15) is 0 Å². The minimum Gasteiger partial charge on any atom is -0.463 e. The van der Waals surface area contributed by atoms with Crippen molar-refractivity contribution in [3.63, 3.8) is 0 Å². The number of esters is 2. The summed E-state index contributed by atoms with van der Waals surface area (Å²) in [5, 5.41) is 0. The fourth-order valence-corrected chi connectivity index (χ4v) is 1.23. The number of hydrogen-bond donors (Lipinski definition) is 0. The molecule has 0 amide bonds. The Labute approximate surface area is 105 Å². The van der Waals surface area contributed by atoms with E-state index in [1.54, 1.807) is 26.1 Å². The molecule has 0 aliphatic rings. The Bertz CT molecular complexity index is 454. The van der Waals surface area contributed by atoms with Crippen LogP contribution in [0.1, 0.15) is 29.8 Å². The van der Waals surface area contributed by atoms with Crippen LogP contribution in [0.2, 0.25) is 0 Å². The quantitative estimate of drug-likeness (QED) is 0.588. The second-order valence-corrected chi connectivity index (χ2v) is 3.31. The van der Waals surface area contributed by atoms with E-state index >= 15 is 0 Å².